The van der Waals surface area contributed by atoms with Crippen LogP contribution < -0.4 is 14.8 Å². The second-order valence-electron chi connectivity index (χ2n) is 7.69. The normalized spacial score (nSPS) is 10.5. The molecular weight excluding hydrogens is 492 g/mol. The van der Waals surface area contributed by atoms with Crippen molar-refractivity contribution in [2.24, 2.45) is 0 Å². The number of methoxy groups -OCH3 is 2. The quantitative estimate of drug-likeness (QED) is 0.265. The minimum absolute atomic E-state index is 0.135. The molecule has 2 aromatic carbocycles. The average Bonchev–Trinajstić information content (AvgIpc) is 3.32. The Kier molecular flexibility index (Phi) is 8.21. The summed E-state index contributed by atoms with van der Waals surface area (Å²) in [7, 11) is 3.15. The van der Waals surface area contributed by atoms with Gasteiger partial charge in [-0.15, -0.1) is 23.1 Å². The summed E-state index contributed by atoms with van der Waals surface area (Å²) in [6.07, 6.45) is 0.253. The molecule has 2 heterocycles. The number of aromatic nitrogens is 2. The number of carbonyl (C=O) groups excluding carboxylic acids is 1. The molecule has 0 saturated heterocycles. The largest absolute Gasteiger partial charge is 0.493 e. The topological polar surface area (TPSA) is 97.1 Å². The van der Waals surface area contributed by atoms with Crippen LogP contribution in [0.5, 0.6) is 11.5 Å². The van der Waals surface area contributed by atoms with Gasteiger partial charge in [-0.1, -0.05) is 42.5 Å². The molecule has 0 aliphatic heterocycles. The standard InChI is InChI=1S/C27H24N4O3S2/c1-17-16-36-27(29-17)31-24(32)12-13-35-26-21(15-28)20(14-22(30-26)18-8-5-4-6-9-18)19-10-7-11-23(33-2)25(19)34-3/h4-11,14,16H,12-13H2,1-3H3,(H,29,31,32). The first-order chi connectivity index (χ1) is 17.5. The Labute approximate surface area is 218 Å². The molecule has 4 aromatic rings. The van der Waals surface area contributed by atoms with Gasteiger partial charge in [0.2, 0.25) is 5.91 Å². The fourth-order valence-electron chi connectivity index (χ4n) is 3.64. The van der Waals surface area contributed by atoms with Gasteiger partial charge in [0.1, 0.15) is 11.1 Å². The van der Waals surface area contributed by atoms with E-state index in [9.17, 15) is 10.1 Å². The van der Waals surface area contributed by atoms with Crippen LogP contribution in [0, 0.1) is 18.3 Å². The molecule has 0 aliphatic rings. The van der Waals surface area contributed by atoms with Gasteiger partial charge in [0.05, 0.1) is 31.2 Å². The highest BCUT2D eigenvalue weighted by Gasteiger charge is 2.20. The van der Waals surface area contributed by atoms with Gasteiger partial charge in [-0.2, -0.15) is 5.26 Å². The van der Waals surface area contributed by atoms with Crippen LogP contribution in [0.2, 0.25) is 0 Å². The van der Waals surface area contributed by atoms with Crippen molar-refractivity contribution in [3.05, 3.63) is 71.2 Å². The van der Waals surface area contributed by atoms with Gasteiger partial charge in [0, 0.05) is 34.2 Å². The lowest BCUT2D eigenvalue weighted by Gasteiger charge is -2.16. The summed E-state index contributed by atoms with van der Waals surface area (Å²) >= 11 is 2.77. The number of pyridine rings is 1. The Balaban J connectivity index is 1.70. The van der Waals surface area contributed by atoms with Crippen LogP contribution in [0.15, 0.2) is 65.0 Å². The van der Waals surface area contributed by atoms with E-state index in [2.05, 4.69) is 16.4 Å². The molecule has 2 aromatic heterocycles. The fraction of sp³-hybridized carbons (Fsp3) is 0.185. The molecule has 0 saturated carbocycles. The number of thioether (sulfide) groups is 1. The van der Waals surface area contributed by atoms with E-state index in [1.165, 1.54) is 23.1 Å². The zero-order valence-corrected chi connectivity index (χ0v) is 21.7. The predicted octanol–water partition coefficient (Wildman–Crippen LogP) is 6.19. The number of hydrogen-bond donors (Lipinski definition) is 1. The van der Waals surface area contributed by atoms with Crippen molar-refractivity contribution in [1.29, 1.82) is 5.26 Å². The van der Waals surface area contributed by atoms with Crippen molar-refractivity contribution in [3.63, 3.8) is 0 Å². The smallest absolute Gasteiger partial charge is 0.226 e. The number of anilines is 1. The summed E-state index contributed by atoms with van der Waals surface area (Å²) in [5.74, 6) is 1.42. The van der Waals surface area contributed by atoms with Crippen molar-refractivity contribution in [2.75, 3.05) is 25.3 Å². The Morgan fingerprint density at radius 1 is 1.08 bits per heavy atom. The number of nitrogens with zero attached hydrogens (tertiary/aromatic N) is 3. The van der Waals surface area contributed by atoms with Crippen LogP contribution in [0.4, 0.5) is 5.13 Å². The maximum atomic E-state index is 12.4. The van der Waals surface area contributed by atoms with Crippen LogP contribution in [0.1, 0.15) is 17.7 Å². The van der Waals surface area contributed by atoms with E-state index >= 15 is 0 Å². The Morgan fingerprint density at radius 3 is 2.56 bits per heavy atom. The number of thiazole rings is 1. The first-order valence-electron chi connectivity index (χ1n) is 11.1. The van der Waals surface area contributed by atoms with Gasteiger partial charge in [-0.3, -0.25) is 4.79 Å². The molecule has 0 aliphatic carbocycles. The lowest BCUT2D eigenvalue weighted by molar-refractivity contribution is -0.115. The first-order valence-corrected chi connectivity index (χ1v) is 13.0. The molecule has 9 heteroatoms. The van der Waals surface area contributed by atoms with Gasteiger partial charge >= 0.3 is 0 Å². The predicted molar refractivity (Wildman–Crippen MR) is 144 cm³/mol. The number of para-hydroxylation sites is 1. The molecule has 4 rings (SSSR count). The summed E-state index contributed by atoms with van der Waals surface area (Å²) < 4.78 is 11.1. The highest BCUT2D eigenvalue weighted by Crippen LogP contribution is 2.42. The molecule has 0 unspecified atom stereocenters. The van der Waals surface area contributed by atoms with Crippen molar-refractivity contribution < 1.29 is 14.3 Å². The molecule has 1 amide bonds. The average molecular weight is 517 g/mol. The van der Waals surface area contributed by atoms with Gasteiger partial charge < -0.3 is 14.8 Å². The number of amides is 1. The van der Waals surface area contributed by atoms with E-state index in [1.807, 2.05) is 66.9 Å². The van der Waals surface area contributed by atoms with E-state index in [4.69, 9.17) is 14.5 Å². The van der Waals surface area contributed by atoms with Gasteiger partial charge in [-0.25, -0.2) is 9.97 Å². The third-order valence-electron chi connectivity index (χ3n) is 5.29. The lowest BCUT2D eigenvalue weighted by atomic mass is 9.98. The van der Waals surface area contributed by atoms with Crippen LogP contribution in [0.25, 0.3) is 22.4 Å². The third-order valence-corrected chi connectivity index (χ3v) is 7.15. The molecule has 0 bridgehead atoms. The minimum Gasteiger partial charge on any atom is -0.493 e. The highest BCUT2D eigenvalue weighted by molar-refractivity contribution is 7.99. The summed E-state index contributed by atoms with van der Waals surface area (Å²) in [5.41, 5.74) is 4.34. The van der Waals surface area contributed by atoms with Gasteiger partial charge in [-0.05, 0) is 19.1 Å². The Hall–Kier alpha value is -3.87. The SMILES string of the molecule is COc1cccc(-c2cc(-c3ccccc3)nc(SCCC(=O)Nc3nc(C)cs3)c2C#N)c1OC. The van der Waals surface area contributed by atoms with E-state index in [-0.39, 0.29) is 12.3 Å². The number of carbonyl (C=O) groups is 1. The number of nitrogens with one attached hydrogen (secondary N) is 1. The minimum atomic E-state index is -0.135. The Bertz CT molecular complexity index is 1410. The fourth-order valence-corrected chi connectivity index (χ4v) is 5.28. The number of aryl methyl sites for hydroxylation is 1. The third kappa shape index (κ3) is 5.67. The maximum Gasteiger partial charge on any atom is 0.226 e. The summed E-state index contributed by atoms with van der Waals surface area (Å²) in [6.45, 7) is 1.88. The van der Waals surface area contributed by atoms with Crippen LogP contribution in [0.3, 0.4) is 0 Å². The number of rotatable bonds is 9. The first kappa shape index (κ1) is 25.2. The second kappa shape index (κ2) is 11.7. The maximum absolute atomic E-state index is 12.4. The number of ether oxygens (including phenoxy) is 2. The molecule has 0 spiro atoms. The van der Waals surface area contributed by atoms with Crippen molar-refractivity contribution in [2.45, 2.75) is 18.4 Å². The molecule has 1 N–H and O–H groups in total. The van der Waals surface area contributed by atoms with Crippen molar-refractivity contribution >= 4 is 34.1 Å². The number of hydrogen-bond acceptors (Lipinski definition) is 8. The van der Waals surface area contributed by atoms with Gasteiger partial charge in [0.25, 0.3) is 0 Å². The second-order valence-corrected chi connectivity index (χ2v) is 9.64. The summed E-state index contributed by atoms with van der Waals surface area (Å²) in [4.78, 5) is 21.5. The number of benzene rings is 2. The van der Waals surface area contributed by atoms with Crippen molar-refractivity contribution in [1.82, 2.24) is 9.97 Å². The zero-order valence-electron chi connectivity index (χ0n) is 20.1. The Morgan fingerprint density at radius 2 is 1.89 bits per heavy atom. The summed E-state index contributed by atoms with van der Waals surface area (Å²) in [5, 5.41) is 16.0. The molecule has 36 heavy (non-hydrogen) atoms. The van der Waals surface area contributed by atoms with Crippen LogP contribution in [-0.2, 0) is 4.79 Å². The van der Waals surface area contributed by atoms with Crippen LogP contribution in [-0.4, -0.2) is 35.8 Å². The lowest BCUT2D eigenvalue weighted by Crippen LogP contribution is -2.12. The zero-order chi connectivity index (χ0) is 25.5. The van der Waals surface area contributed by atoms with E-state index < -0.39 is 0 Å². The van der Waals surface area contributed by atoms with Crippen molar-refractivity contribution in [3.8, 4) is 40.0 Å². The van der Waals surface area contributed by atoms with E-state index in [1.54, 1.807) is 14.2 Å². The van der Waals surface area contributed by atoms with E-state index in [0.29, 0.717) is 38.5 Å². The van der Waals surface area contributed by atoms with E-state index in [0.717, 1.165) is 22.5 Å². The molecular formula is C27H24N4O3S2. The molecule has 182 valence electrons. The molecule has 0 atom stereocenters. The molecule has 7 nitrogen and oxygen atoms in total. The number of nitriles is 1. The van der Waals surface area contributed by atoms with Gasteiger partial charge in [0.15, 0.2) is 16.6 Å². The summed E-state index contributed by atoms with van der Waals surface area (Å²) in [6, 6.07) is 19.6. The highest BCUT2D eigenvalue weighted by atomic mass is 32.2. The monoisotopic (exact) mass is 516 g/mol. The van der Waals surface area contributed by atoms with Crippen LogP contribution >= 0.6 is 23.1 Å². The molecule has 0 radical (unpaired) electrons. The molecule has 0 fully saturated rings.